The van der Waals surface area contributed by atoms with Gasteiger partial charge in [-0.2, -0.15) is 0 Å². The van der Waals surface area contributed by atoms with E-state index in [9.17, 15) is 9.59 Å². The lowest BCUT2D eigenvalue weighted by Gasteiger charge is -2.08. The molecule has 1 amide bonds. The smallest absolute Gasteiger partial charge is 0.309 e. The minimum Gasteiger partial charge on any atom is -0.494 e. The second-order valence-corrected chi connectivity index (χ2v) is 7.34. The standard InChI is InChI=1S/C22H27NO5S/c1-3-26-18-6-8-19(9-7-18)27-14-12-22(25)28-16-21(24)23-13-15-29-20-10-4-17(2)5-11-20/h4-11H,3,12-16H2,1-2H3,(H,23,24). The van der Waals surface area contributed by atoms with Gasteiger partial charge < -0.3 is 19.5 Å². The molecule has 0 aromatic heterocycles. The Bertz CT molecular complexity index is 762. The van der Waals surface area contributed by atoms with Gasteiger partial charge in [-0.25, -0.2) is 0 Å². The number of hydrogen-bond donors (Lipinski definition) is 1. The van der Waals surface area contributed by atoms with E-state index in [-0.39, 0.29) is 25.5 Å². The highest BCUT2D eigenvalue weighted by molar-refractivity contribution is 7.99. The second kappa shape index (κ2) is 12.7. The van der Waals surface area contributed by atoms with Crippen LogP contribution in [0.3, 0.4) is 0 Å². The van der Waals surface area contributed by atoms with Gasteiger partial charge in [0.25, 0.3) is 5.91 Å². The molecule has 2 aromatic rings. The fraction of sp³-hybridized carbons (Fsp3) is 0.364. The molecule has 0 heterocycles. The van der Waals surface area contributed by atoms with Crippen molar-refractivity contribution in [1.29, 1.82) is 0 Å². The maximum Gasteiger partial charge on any atom is 0.309 e. The van der Waals surface area contributed by atoms with Crippen LogP contribution in [0.25, 0.3) is 0 Å². The lowest BCUT2D eigenvalue weighted by molar-refractivity contribution is -0.149. The zero-order valence-electron chi connectivity index (χ0n) is 16.8. The lowest BCUT2D eigenvalue weighted by atomic mass is 10.2. The van der Waals surface area contributed by atoms with Crippen molar-refractivity contribution in [3.05, 3.63) is 54.1 Å². The number of nitrogens with one attached hydrogen (secondary N) is 1. The van der Waals surface area contributed by atoms with Crippen molar-refractivity contribution in [2.45, 2.75) is 25.2 Å². The van der Waals surface area contributed by atoms with Crippen LogP contribution in [0, 0.1) is 6.92 Å². The Labute approximate surface area is 175 Å². The summed E-state index contributed by atoms with van der Waals surface area (Å²) in [7, 11) is 0. The Morgan fingerprint density at radius 3 is 2.28 bits per heavy atom. The summed E-state index contributed by atoms with van der Waals surface area (Å²) in [6.07, 6.45) is 0.0732. The van der Waals surface area contributed by atoms with Gasteiger partial charge in [0.05, 0.1) is 19.6 Å². The van der Waals surface area contributed by atoms with Crippen molar-refractivity contribution in [3.63, 3.8) is 0 Å². The number of carbonyl (C=O) groups excluding carboxylic acids is 2. The van der Waals surface area contributed by atoms with Crippen LogP contribution in [-0.2, 0) is 14.3 Å². The molecular weight excluding hydrogens is 390 g/mol. The molecule has 2 aromatic carbocycles. The van der Waals surface area contributed by atoms with Crippen molar-refractivity contribution in [3.8, 4) is 11.5 Å². The third kappa shape index (κ3) is 9.38. The molecule has 29 heavy (non-hydrogen) atoms. The van der Waals surface area contributed by atoms with E-state index in [1.807, 2.05) is 13.8 Å². The molecule has 1 N–H and O–H groups in total. The highest BCUT2D eigenvalue weighted by Gasteiger charge is 2.08. The van der Waals surface area contributed by atoms with Crippen molar-refractivity contribution in [2.75, 3.05) is 32.1 Å². The van der Waals surface area contributed by atoms with E-state index >= 15 is 0 Å². The van der Waals surface area contributed by atoms with Gasteiger partial charge in [0.1, 0.15) is 11.5 Å². The van der Waals surface area contributed by atoms with Gasteiger partial charge in [0, 0.05) is 17.2 Å². The number of amides is 1. The van der Waals surface area contributed by atoms with E-state index < -0.39 is 5.97 Å². The number of esters is 1. The summed E-state index contributed by atoms with van der Waals surface area (Å²) in [6.45, 7) is 4.97. The van der Waals surface area contributed by atoms with Gasteiger partial charge in [0.15, 0.2) is 6.61 Å². The maximum absolute atomic E-state index is 11.7. The number of rotatable bonds is 12. The van der Waals surface area contributed by atoms with Gasteiger partial charge in [0.2, 0.25) is 0 Å². The first kappa shape index (κ1) is 22.6. The number of hydrogen-bond acceptors (Lipinski definition) is 6. The monoisotopic (exact) mass is 417 g/mol. The Morgan fingerprint density at radius 2 is 1.62 bits per heavy atom. The van der Waals surface area contributed by atoms with Crippen LogP contribution < -0.4 is 14.8 Å². The van der Waals surface area contributed by atoms with Crippen LogP contribution in [0.5, 0.6) is 11.5 Å². The van der Waals surface area contributed by atoms with E-state index in [2.05, 4.69) is 29.6 Å². The Hall–Kier alpha value is -2.67. The number of ether oxygens (including phenoxy) is 3. The van der Waals surface area contributed by atoms with E-state index in [1.165, 1.54) is 5.56 Å². The number of benzene rings is 2. The fourth-order valence-electron chi connectivity index (χ4n) is 2.31. The number of thioether (sulfide) groups is 1. The third-order valence-corrected chi connectivity index (χ3v) is 4.80. The Balaban J connectivity index is 1.52. The van der Waals surface area contributed by atoms with Crippen LogP contribution in [-0.4, -0.2) is 44.0 Å². The van der Waals surface area contributed by atoms with E-state index in [0.29, 0.717) is 18.9 Å². The summed E-state index contributed by atoms with van der Waals surface area (Å²) in [5.74, 6) is 1.38. The predicted molar refractivity (Wildman–Crippen MR) is 114 cm³/mol. The molecular formula is C22H27NO5S. The predicted octanol–water partition coefficient (Wildman–Crippen LogP) is 3.61. The summed E-state index contributed by atoms with van der Waals surface area (Å²) in [5.41, 5.74) is 1.22. The third-order valence-electron chi connectivity index (χ3n) is 3.79. The molecule has 0 fully saturated rings. The van der Waals surface area contributed by atoms with Crippen molar-refractivity contribution in [2.24, 2.45) is 0 Å². The number of carbonyl (C=O) groups is 2. The van der Waals surface area contributed by atoms with Gasteiger partial charge in [-0.15, -0.1) is 11.8 Å². The second-order valence-electron chi connectivity index (χ2n) is 6.18. The first-order valence-corrected chi connectivity index (χ1v) is 10.5. The van der Waals surface area contributed by atoms with E-state index in [0.717, 1.165) is 16.4 Å². The van der Waals surface area contributed by atoms with Crippen LogP contribution >= 0.6 is 11.8 Å². The van der Waals surface area contributed by atoms with Crippen LogP contribution in [0.15, 0.2) is 53.4 Å². The Morgan fingerprint density at radius 1 is 0.966 bits per heavy atom. The normalized spacial score (nSPS) is 10.3. The van der Waals surface area contributed by atoms with E-state index in [1.54, 1.807) is 36.0 Å². The van der Waals surface area contributed by atoms with Gasteiger partial charge in [-0.05, 0) is 50.2 Å². The zero-order valence-corrected chi connectivity index (χ0v) is 17.6. The SMILES string of the molecule is CCOc1ccc(OCCC(=O)OCC(=O)NCCSc2ccc(C)cc2)cc1. The molecule has 0 aliphatic heterocycles. The minimum atomic E-state index is -0.472. The largest absolute Gasteiger partial charge is 0.494 e. The molecule has 0 unspecified atom stereocenters. The van der Waals surface area contributed by atoms with Gasteiger partial charge >= 0.3 is 5.97 Å². The Kier molecular flexibility index (Phi) is 9.92. The molecule has 0 radical (unpaired) electrons. The molecule has 2 rings (SSSR count). The van der Waals surface area contributed by atoms with Gasteiger partial charge in [-0.1, -0.05) is 17.7 Å². The molecule has 0 saturated heterocycles. The van der Waals surface area contributed by atoms with Crippen molar-refractivity contribution in [1.82, 2.24) is 5.32 Å². The fourth-order valence-corrected chi connectivity index (χ4v) is 3.08. The topological polar surface area (TPSA) is 73.9 Å². The summed E-state index contributed by atoms with van der Waals surface area (Å²) in [4.78, 5) is 24.6. The van der Waals surface area contributed by atoms with Gasteiger partial charge in [-0.3, -0.25) is 9.59 Å². The summed E-state index contributed by atoms with van der Waals surface area (Å²) in [5, 5.41) is 2.74. The van der Waals surface area contributed by atoms with Crippen LogP contribution in [0.1, 0.15) is 18.9 Å². The molecule has 156 valence electrons. The molecule has 0 aliphatic rings. The zero-order chi connectivity index (χ0) is 20.9. The van der Waals surface area contributed by atoms with Crippen LogP contribution in [0.2, 0.25) is 0 Å². The summed E-state index contributed by atoms with van der Waals surface area (Å²) >= 11 is 1.66. The highest BCUT2D eigenvalue weighted by atomic mass is 32.2. The average molecular weight is 418 g/mol. The molecule has 7 heteroatoms. The minimum absolute atomic E-state index is 0.0732. The lowest BCUT2D eigenvalue weighted by Crippen LogP contribution is -2.30. The van der Waals surface area contributed by atoms with Crippen molar-refractivity contribution >= 4 is 23.6 Å². The molecule has 0 atom stereocenters. The van der Waals surface area contributed by atoms with Crippen molar-refractivity contribution < 1.29 is 23.8 Å². The number of aryl methyl sites for hydroxylation is 1. The first-order chi connectivity index (χ1) is 14.1. The quantitative estimate of drug-likeness (QED) is 0.323. The molecule has 0 spiro atoms. The molecule has 0 aliphatic carbocycles. The summed E-state index contributed by atoms with van der Waals surface area (Å²) < 4.78 is 15.8. The summed E-state index contributed by atoms with van der Waals surface area (Å²) in [6, 6.07) is 15.4. The maximum atomic E-state index is 11.7. The highest BCUT2D eigenvalue weighted by Crippen LogP contribution is 2.18. The molecule has 6 nitrogen and oxygen atoms in total. The molecule has 0 saturated carbocycles. The van der Waals surface area contributed by atoms with Crippen LogP contribution in [0.4, 0.5) is 0 Å². The first-order valence-electron chi connectivity index (χ1n) is 9.54. The average Bonchev–Trinajstić information content (AvgIpc) is 2.72. The van der Waals surface area contributed by atoms with E-state index in [4.69, 9.17) is 14.2 Å². The molecule has 0 bridgehead atoms.